The van der Waals surface area contributed by atoms with Crippen LogP contribution in [0.25, 0.3) is 0 Å². The molecular formula is C16H20F3N5O3S. The third kappa shape index (κ3) is 5.81. The molecule has 1 N–H and O–H groups in total. The summed E-state index contributed by atoms with van der Waals surface area (Å²) in [5.74, 6) is 1.92. The highest BCUT2D eigenvalue weighted by atomic mass is 32.2. The number of anilines is 1. The van der Waals surface area contributed by atoms with E-state index in [1.165, 1.54) is 11.8 Å². The van der Waals surface area contributed by atoms with Crippen LogP contribution in [0.2, 0.25) is 0 Å². The number of rotatable bonds is 8. The van der Waals surface area contributed by atoms with Gasteiger partial charge in [-0.25, -0.2) is 4.79 Å². The maximum Gasteiger partial charge on any atom is 0.422 e. The molecule has 1 aliphatic rings. The zero-order chi connectivity index (χ0) is 20.0. The fourth-order valence-corrected chi connectivity index (χ4v) is 3.52. The molecule has 0 spiro atoms. The molecule has 0 radical (unpaired) electrons. The number of alkyl halides is 3. The molecule has 1 fully saturated rings. The molecule has 8 nitrogen and oxygen atoms in total. The van der Waals surface area contributed by atoms with Crippen molar-refractivity contribution in [3.63, 3.8) is 0 Å². The van der Waals surface area contributed by atoms with Gasteiger partial charge in [-0.3, -0.25) is 4.57 Å². The van der Waals surface area contributed by atoms with E-state index < -0.39 is 18.9 Å². The van der Waals surface area contributed by atoms with Gasteiger partial charge in [-0.1, -0.05) is 11.8 Å². The number of halogens is 3. The zero-order valence-corrected chi connectivity index (χ0v) is 15.8. The predicted molar refractivity (Wildman–Crippen MR) is 95.4 cm³/mol. The van der Waals surface area contributed by atoms with Crippen molar-refractivity contribution in [3.05, 3.63) is 24.2 Å². The predicted octanol–water partition coefficient (Wildman–Crippen LogP) is 2.90. The first kappa shape index (κ1) is 20.4. The van der Waals surface area contributed by atoms with E-state index in [0.29, 0.717) is 17.5 Å². The monoisotopic (exact) mass is 419 g/mol. The lowest BCUT2D eigenvalue weighted by Gasteiger charge is -2.17. The zero-order valence-electron chi connectivity index (χ0n) is 14.9. The summed E-state index contributed by atoms with van der Waals surface area (Å²) >= 11 is 1.34. The number of amides is 1. The standard InChI is InChI=1S/C16H20F3N5O3S/c17-16(18,19)11-27-15(25)20-5-9-28-14-22-21-13(23-6-1-2-7-23)24(14)10-12-4-3-8-26-12/h3-4,8H,1-2,5-7,9-11H2,(H,20,25). The highest BCUT2D eigenvalue weighted by molar-refractivity contribution is 7.99. The van der Waals surface area contributed by atoms with Gasteiger partial charge in [0, 0.05) is 25.4 Å². The second-order valence-corrected chi connectivity index (χ2v) is 7.17. The van der Waals surface area contributed by atoms with Gasteiger partial charge in [0.1, 0.15) is 5.76 Å². The number of carbonyl (C=O) groups is 1. The molecule has 3 rings (SSSR count). The molecule has 0 saturated carbocycles. The summed E-state index contributed by atoms with van der Waals surface area (Å²) in [4.78, 5) is 13.4. The molecule has 1 amide bonds. The van der Waals surface area contributed by atoms with Crippen LogP contribution in [0.1, 0.15) is 18.6 Å². The average molecular weight is 419 g/mol. The number of hydrogen-bond acceptors (Lipinski definition) is 7. The van der Waals surface area contributed by atoms with E-state index in [1.807, 2.05) is 10.6 Å². The Labute approximate surface area is 163 Å². The van der Waals surface area contributed by atoms with Crippen LogP contribution in [0.5, 0.6) is 0 Å². The van der Waals surface area contributed by atoms with Gasteiger partial charge in [-0.15, -0.1) is 10.2 Å². The normalized spacial score (nSPS) is 14.5. The molecule has 154 valence electrons. The maximum absolute atomic E-state index is 12.0. The summed E-state index contributed by atoms with van der Waals surface area (Å²) in [7, 11) is 0. The quantitative estimate of drug-likeness (QED) is 0.520. The largest absolute Gasteiger partial charge is 0.467 e. The molecule has 2 aromatic heterocycles. The number of furan rings is 1. The van der Waals surface area contributed by atoms with Gasteiger partial charge in [0.2, 0.25) is 5.95 Å². The molecular weight excluding hydrogens is 399 g/mol. The fraction of sp³-hybridized carbons (Fsp3) is 0.562. The molecule has 0 unspecified atom stereocenters. The van der Waals surface area contributed by atoms with Crippen LogP contribution in [0, 0.1) is 0 Å². The minimum atomic E-state index is -4.54. The Balaban J connectivity index is 1.55. The van der Waals surface area contributed by atoms with E-state index in [1.54, 1.807) is 12.3 Å². The molecule has 0 atom stereocenters. The van der Waals surface area contributed by atoms with Crippen molar-refractivity contribution < 1.29 is 27.1 Å². The number of nitrogens with one attached hydrogen (secondary N) is 1. The summed E-state index contributed by atoms with van der Waals surface area (Å²) in [5, 5.41) is 11.4. The molecule has 12 heteroatoms. The lowest BCUT2D eigenvalue weighted by atomic mass is 10.4. The minimum absolute atomic E-state index is 0.133. The molecule has 0 aliphatic carbocycles. The van der Waals surface area contributed by atoms with E-state index in [0.717, 1.165) is 37.6 Å². The number of carbonyl (C=O) groups excluding carboxylic acids is 1. The van der Waals surface area contributed by atoms with Crippen molar-refractivity contribution in [3.8, 4) is 0 Å². The lowest BCUT2D eigenvalue weighted by Crippen LogP contribution is -2.30. The summed E-state index contributed by atoms with van der Waals surface area (Å²) in [6, 6.07) is 3.67. The molecule has 2 aromatic rings. The van der Waals surface area contributed by atoms with Crippen LogP contribution in [0.4, 0.5) is 23.9 Å². The van der Waals surface area contributed by atoms with Crippen molar-refractivity contribution in [2.75, 3.05) is 36.9 Å². The molecule has 1 saturated heterocycles. The first-order chi connectivity index (χ1) is 13.4. The van der Waals surface area contributed by atoms with Gasteiger partial charge >= 0.3 is 12.3 Å². The first-order valence-corrected chi connectivity index (χ1v) is 9.71. The van der Waals surface area contributed by atoms with Crippen molar-refractivity contribution in [2.24, 2.45) is 0 Å². The number of alkyl carbamates (subject to hydrolysis) is 1. The second kappa shape index (κ2) is 9.22. The fourth-order valence-electron chi connectivity index (χ4n) is 2.73. The topological polar surface area (TPSA) is 85.4 Å². The molecule has 3 heterocycles. The molecule has 28 heavy (non-hydrogen) atoms. The average Bonchev–Trinajstić information content (AvgIpc) is 3.39. The first-order valence-electron chi connectivity index (χ1n) is 8.73. The summed E-state index contributed by atoms with van der Waals surface area (Å²) in [6.07, 6.45) is -1.86. The third-order valence-corrected chi connectivity index (χ3v) is 4.92. The van der Waals surface area contributed by atoms with E-state index in [9.17, 15) is 18.0 Å². The molecule has 0 aromatic carbocycles. The summed E-state index contributed by atoms with van der Waals surface area (Å²) in [6.45, 7) is 0.812. The number of ether oxygens (including phenoxy) is 1. The van der Waals surface area contributed by atoms with Crippen LogP contribution in [0.15, 0.2) is 28.0 Å². The molecule has 1 aliphatic heterocycles. The third-order valence-electron chi connectivity index (χ3n) is 3.95. The minimum Gasteiger partial charge on any atom is -0.467 e. The molecule has 0 bridgehead atoms. The Morgan fingerprint density at radius 1 is 1.32 bits per heavy atom. The van der Waals surface area contributed by atoms with Gasteiger partial charge in [-0.05, 0) is 25.0 Å². The van der Waals surface area contributed by atoms with Crippen molar-refractivity contribution in [1.82, 2.24) is 20.1 Å². The van der Waals surface area contributed by atoms with Crippen LogP contribution in [-0.4, -0.2) is 59.0 Å². The number of nitrogens with zero attached hydrogens (tertiary/aromatic N) is 4. The van der Waals surface area contributed by atoms with E-state index in [2.05, 4.69) is 25.2 Å². The number of aromatic nitrogens is 3. The van der Waals surface area contributed by atoms with E-state index >= 15 is 0 Å². The van der Waals surface area contributed by atoms with Crippen LogP contribution < -0.4 is 10.2 Å². The van der Waals surface area contributed by atoms with Crippen molar-refractivity contribution >= 4 is 23.8 Å². The maximum atomic E-state index is 12.0. The Bertz CT molecular complexity index is 760. The van der Waals surface area contributed by atoms with Crippen LogP contribution in [0.3, 0.4) is 0 Å². The Morgan fingerprint density at radius 3 is 2.79 bits per heavy atom. The number of hydrogen-bond donors (Lipinski definition) is 1. The smallest absolute Gasteiger partial charge is 0.422 e. The van der Waals surface area contributed by atoms with Gasteiger partial charge in [0.05, 0.1) is 12.8 Å². The second-order valence-electron chi connectivity index (χ2n) is 6.11. The Morgan fingerprint density at radius 2 is 2.11 bits per heavy atom. The van der Waals surface area contributed by atoms with Gasteiger partial charge in [0.15, 0.2) is 11.8 Å². The Hall–Kier alpha value is -2.37. The number of thioether (sulfide) groups is 1. The van der Waals surface area contributed by atoms with Crippen molar-refractivity contribution in [2.45, 2.75) is 30.7 Å². The summed E-state index contributed by atoms with van der Waals surface area (Å²) < 4.78 is 47.5. The van der Waals surface area contributed by atoms with Crippen LogP contribution >= 0.6 is 11.8 Å². The van der Waals surface area contributed by atoms with Gasteiger partial charge in [-0.2, -0.15) is 13.2 Å². The van der Waals surface area contributed by atoms with E-state index in [-0.39, 0.29) is 6.54 Å². The lowest BCUT2D eigenvalue weighted by molar-refractivity contribution is -0.160. The van der Waals surface area contributed by atoms with Gasteiger partial charge < -0.3 is 19.4 Å². The van der Waals surface area contributed by atoms with Crippen molar-refractivity contribution in [1.29, 1.82) is 0 Å². The van der Waals surface area contributed by atoms with Crippen LogP contribution in [-0.2, 0) is 11.3 Å². The highest BCUT2D eigenvalue weighted by Crippen LogP contribution is 2.25. The van der Waals surface area contributed by atoms with E-state index in [4.69, 9.17) is 4.42 Å². The van der Waals surface area contributed by atoms with Gasteiger partial charge in [0.25, 0.3) is 0 Å². The Kier molecular flexibility index (Phi) is 6.70. The highest BCUT2D eigenvalue weighted by Gasteiger charge is 2.29. The SMILES string of the molecule is O=C(NCCSc1nnc(N2CCCC2)n1Cc1ccco1)OCC(F)(F)F. The summed E-state index contributed by atoms with van der Waals surface area (Å²) in [5.41, 5.74) is 0.